The van der Waals surface area contributed by atoms with E-state index in [1.54, 1.807) is 0 Å². The van der Waals surface area contributed by atoms with Gasteiger partial charge in [0.1, 0.15) is 11.6 Å². The van der Waals surface area contributed by atoms with E-state index in [1.165, 1.54) is 0 Å². The summed E-state index contributed by atoms with van der Waals surface area (Å²) in [6, 6.07) is 43.5. The summed E-state index contributed by atoms with van der Waals surface area (Å²) in [5, 5.41) is 11.8. The van der Waals surface area contributed by atoms with Crippen LogP contribution in [0.3, 0.4) is 0 Å². The smallest absolute Gasteiger partial charge is 0.137 e. The van der Waals surface area contributed by atoms with E-state index in [2.05, 4.69) is 136 Å². The fourth-order valence-corrected chi connectivity index (χ4v) is 5.73. The highest BCUT2D eigenvalue weighted by Crippen LogP contribution is 2.43. The Kier molecular flexibility index (Phi) is 8.22. The Balaban J connectivity index is 1.57. The molecule has 4 nitrogen and oxygen atoms in total. The molecule has 0 aliphatic rings. The molecule has 230 valence electrons. The van der Waals surface area contributed by atoms with Gasteiger partial charge >= 0.3 is 0 Å². The third kappa shape index (κ3) is 6.43. The van der Waals surface area contributed by atoms with E-state index < -0.39 is 0 Å². The van der Waals surface area contributed by atoms with Crippen LogP contribution >= 0.6 is 0 Å². The molecular weight excluding hydrogens is 562 g/mol. The van der Waals surface area contributed by atoms with Crippen molar-refractivity contribution in [3.8, 4) is 39.4 Å². The number of hydrogen-bond donors (Lipinski definition) is 1. The summed E-state index contributed by atoms with van der Waals surface area (Å²) in [6.07, 6.45) is 1.82. The fourth-order valence-electron chi connectivity index (χ4n) is 5.73. The molecule has 0 bridgehead atoms. The van der Waals surface area contributed by atoms with Gasteiger partial charge in [0.2, 0.25) is 0 Å². The Hall–Kier alpha value is -5.22. The molecule has 0 aliphatic carbocycles. The molecule has 0 amide bonds. The quantitative estimate of drug-likeness (QED) is 0.206. The molecule has 46 heavy (non-hydrogen) atoms. The molecule has 6 rings (SSSR count). The molecule has 4 heteroatoms. The molecule has 0 radical (unpaired) electrons. The number of hydrogen-bond acceptors (Lipinski definition) is 4. The highest BCUT2D eigenvalue weighted by atomic mass is 16.3. The Morgan fingerprint density at radius 1 is 0.543 bits per heavy atom. The van der Waals surface area contributed by atoms with Crippen LogP contribution in [-0.4, -0.2) is 15.1 Å². The molecular formula is C42H41N3O. The molecule has 0 saturated heterocycles. The molecule has 0 atom stereocenters. The van der Waals surface area contributed by atoms with Crippen LogP contribution < -0.4 is 4.90 Å². The van der Waals surface area contributed by atoms with Crippen molar-refractivity contribution >= 4 is 17.2 Å². The molecule has 0 fully saturated rings. The van der Waals surface area contributed by atoms with Crippen LogP contribution in [0.4, 0.5) is 17.2 Å². The lowest BCUT2D eigenvalue weighted by Gasteiger charge is -2.27. The van der Waals surface area contributed by atoms with Gasteiger partial charge in [-0.1, -0.05) is 114 Å². The van der Waals surface area contributed by atoms with Crippen LogP contribution in [0.25, 0.3) is 33.6 Å². The van der Waals surface area contributed by atoms with Crippen molar-refractivity contribution in [1.82, 2.24) is 9.97 Å². The van der Waals surface area contributed by atoms with E-state index in [0.29, 0.717) is 0 Å². The van der Waals surface area contributed by atoms with Gasteiger partial charge in [0.05, 0.1) is 11.4 Å². The monoisotopic (exact) mass is 603 g/mol. The first kappa shape index (κ1) is 30.8. The van der Waals surface area contributed by atoms with E-state index in [4.69, 9.17) is 4.98 Å². The van der Waals surface area contributed by atoms with Crippen molar-refractivity contribution in [1.29, 1.82) is 0 Å². The Morgan fingerprint density at radius 2 is 1.17 bits per heavy atom. The zero-order chi connectivity index (χ0) is 32.5. The minimum Gasteiger partial charge on any atom is -0.507 e. The third-order valence-corrected chi connectivity index (χ3v) is 8.29. The zero-order valence-corrected chi connectivity index (χ0v) is 27.5. The molecule has 2 aromatic heterocycles. The summed E-state index contributed by atoms with van der Waals surface area (Å²) in [6.45, 7) is 13.1. The molecule has 0 saturated carbocycles. The number of para-hydroxylation sites is 1. The number of nitrogens with zero attached hydrogens (tertiary/aromatic N) is 3. The summed E-state index contributed by atoms with van der Waals surface area (Å²) >= 11 is 0. The van der Waals surface area contributed by atoms with Gasteiger partial charge in [0, 0.05) is 34.3 Å². The van der Waals surface area contributed by atoms with Crippen LogP contribution in [0.5, 0.6) is 5.75 Å². The first-order valence-corrected chi connectivity index (χ1v) is 15.8. The van der Waals surface area contributed by atoms with E-state index in [-0.39, 0.29) is 16.6 Å². The normalized spacial score (nSPS) is 11.8. The number of pyridine rings is 2. The van der Waals surface area contributed by atoms with Gasteiger partial charge in [0.25, 0.3) is 0 Å². The maximum Gasteiger partial charge on any atom is 0.137 e. The largest absolute Gasteiger partial charge is 0.507 e. The number of aromatic hydroxyl groups is 1. The highest BCUT2D eigenvalue weighted by Gasteiger charge is 2.26. The van der Waals surface area contributed by atoms with Crippen molar-refractivity contribution in [2.75, 3.05) is 4.90 Å². The standard InChI is InChI=1S/C42H41N3O/c1-41(2,3)32-27-35(40(46)36(28-32)42(4,5)6)38-26-31(29-16-9-7-10-17-29)25-37(44-38)30-18-15-21-34(24-30)45(33-19-11-8-12-20-33)39-22-13-14-23-43-39/h7-28,46H,1-6H3. The molecule has 0 unspecified atom stereocenters. The Labute approximate surface area is 273 Å². The minimum absolute atomic E-state index is 0.108. The topological polar surface area (TPSA) is 49.2 Å². The van der Waals surface area contributed by atoms with Gasteiger partial charge in [-0.05, 0) is 82.1 Å². The summed E-state index contributed by atoms with van der Waals surface area (Å²) in [5.74, 6) is 1.11. The number of phenolic OH excluding ortho intramolecular Hbond substituents is 1. The Bertz CT molecular complexity index is 1920. The number of anilines is 3. The van der Waals surface area contributed by atoms with Crippen molar-refractivity contribution in [2.24, 2.45) is 0 Å². The lowest BCUT2D eigenvalue weighted by molar-refractivity contribution is 0.446. The van der Waals surface area contributed by atoms with Crippen molar-refractivity contribution in [2.45, 2.75) is 52.4 Å². The average molecular weight is 604 g/mol. The zero-order valence-electron chi connectivity index (χ0n) is 27.5. The van der Waals surface area contributed by atoms with E-state index in [1.807, 2.05) is 48.7 Å². The van der Waals surface area contributed by atoms with E-state index >= 15 is 0 Å². The number of aromatic nitrogens is 2. The predicted octanol–water partition coefficient (Wildman–Crippen LogP) is 11.2. The molecule has 2 heterocycles. The Morgan fingerprint density at radius 3 is 1.83 bits per heavy atom. The van der Waals surface area contributed by atoms with Crippen LogP contribution in [0.1, 0.15) is 52.7 Å². The van der Waals surface area contributed by atoms with Crippen molar-refractivity contribution in [3.05, 3.63) is 145 Å². The maximum atomic E-state index is 11.8. The lowest BCUT2D eigenvalue weighted by Crippen LogP contribution is -2.17. The molecule has 4 aromatic carbocycles. The maximum absolute atomic E-state index is 11.8. The van der Waals surface area contributed by atoms with Gasteiger partial charge in [-0.25, -0.2) is 9.97 Å². The summed E-state index contributed by atoms with van der Waals surface area (Å²) in [4.78, 5) is 12.1. The second kappa shape index (κ2) is 12.3. The first-order valence-electron chi connectivity index (χ1n) is 15.8. The van der Waals surface area contributed by atoms with Crippen LogP contribution in [0.15, 0.2) is 134 Å². The first-order chi connectivity index (χ1) is 22.0. The van der Waals surface area contributed by atoms with Crippen LogP contribution in [0.2, 0.25) is 0 Å². The fraction of sp³-hybridized carbons (Fsp3) is 0.190. The van der Waals surface area contributed by atoms with Crippen molar-refractivity contribution < 1.29 is 5.11 Å². The molecule has 6 aromatic rings. The van der Waals surface area contributed by atoms with E-state index in [0.717, 1.165) is 62.0 Å². The summed E-state index contributed by atoms with van der Waals surface area (Å²) < 4.78 is 0. The van der Waals surface area contributed by atoms with Gasteiger partial charge in [-0.15, -0.1) is 0 Å². The van der Waals surface area contributed by atoms with Crippen LogP contribution in [-0.2, 0) is 10.8 Å². The summed E-state index contributed by atoms with van der Waals surface area (Å²) in [5.41, 5.74) is 9.11. The second-order valence-electron chi connectivity index (χ2n) is 13.8. The van der Waals surface area contributed by atoms with Gasteiger partial charge in [0.15, 0.2) is 0 Å². The number of phenols is 1. The SMILES string of the molecule is CC(C)(C)c1cc(-c2cc(-c3ccccc3)cc(-c3cccc(N(c4ccccc4)c4ccccn4)c3)n2)c(O)c(C(C)(C)C)c1. The van der Waals surface area contributed by atoms with Gasteiger partial charge < -0.3 is 5.11 Å². The van der Waals surface area contributed by atoms with E-state index in [9.17, 15) is 5.11 Å². The van der Waals surface area contributed by atoms with Gasteiger partial charge in [-0.2, -0.15) is 0 Å². The van der Waals surface area contributed by atoms with Crippen LogP contribution in [0, 0.1) is 0 Å². The minimum atomic E-state index is -0.249. The summed E-state index contributed by atoms with van der Waals surface area (Å²) in [7, 11) is 0. The second-order valence-corrected chi connectivity index (χ2v) is 13.8. The lowest BCUT2D eigenvalue weighted by atomic mass is 9.78. The number of rotatable bonds is 6. The molecule has 1 N–H and O–H groups in total. The highest BCUT2D eigenvalue weighted by molar-refractivity contribution is 5.82. The average Bonchev–Trinajstić information content (AvgIpc) is 3.05. The van der Waals surface area contributed by atoms with Gasteiger partial charge in [-0.3, -0.25) is 4.90 Å². The molecule has 0 spiro atoms. The van der Waals surface area contributed by atoms with Crippen molar-refractivity contribution in [3.63, 3.8) is 0 Å². The molecule has 0 aliphatic heterocycles. The predicted molar refractivity (Wildman–Crippen MR) is 192 cm³/mol. The third-order valence-electron chi connectivity index (χ3n) is 8.29. The number of benzene rings is 4.